The first-order valence-electron chi connectivity index (χ1n) is 9.90. The number of anilines is 2. The van der Waals surface area contributed by atoms with Crippen LogP contribution in [0.2, 0.25) is 0 Å². The van der Waals surface area contributed by atoms with E-state index in [1.807, 2.05) is 0 Å². The van der Waals surface area contributed by atoms with Gasteiger partial charge in [0.15, 0.2) is 5.82 Å². The number of nitrogens with two attached hydrogens (primary N) is 1. The van der Waals surface area contributed by atoms with Crippen molar-refractivity contribution in [3.8, 4) is 6.07 Å². The molecule has 1 aliphatic rings. The first kappa shape index (κ1) is 20.0. The Labute approximate surface area is 171 Å². The number of pyridine rings is 1. The zero-order valence-electron chi connectivity index (χ0n) is 16.2. The third-order valence-electron chi connectivity index (χ3n) is 5.67. The van der Waals surface area contributed by atoms with Crippen LogP contribution in [0.25, 0.3) is 10.9 Å². The summed E-state index contributed by atoms with van der Waals surface area (Å²) >= 11 is 0. The molecule has 1 unspecified atom stereocenters. The number of halogens is 2. The van der Waals surface area contributed by atoms with Gasteiger partial charge in [-0.05, 0) is 36.6 Å². The maximum absolute atomic E-state index is 12.8. The lowest BCUT2D eigenvalue weighted by Crippen LogP contribution is -2.23. The van der Waals surface area contributed by atoms with E-state index in [1.54, 1.807) is 29.1 Å². The van der Waals surface area contributed by atoms with Gasteiger partial charge in [0.25, 0.3) is 12.0 Å². The van der Waals surface area contributed by atoms with Crippen molar-refractivity contribution in [2.75, 3.05) is 5.32 Å². The smallest absolute Gasteiger partial charge is 0.261 e. The van der Waals surface area contributed by atoms with Gasteiger partial charge in [0, 0.05) is 11.9 Å². The first-order valence-corrected chi connectivity index (χ1v) is 9.90. The lowest BCUT2D eigenvalue weighted by molar-refractivity contribution is 0.116. The molecule has 0 spiro atoms. The van der Waals surface area contributed by atoms with Crippen LogP contribution in [0.4, 0.5) is 20.3 Å². The predicted octanol–water partition coefficient (Wildman–Crippen LogP) is 3.99. The van der Waals surface area contributed by atoms with Gasteiger partial charge in [-0.25, -0.2) is 8.78 Å². The van der Waals surface area contributed by atoms with E-state index in [-0.39, 0.29) is 17.5 Å². The Morgan fingerprint density at radius 3 is 2.67 bits per heavy atom. The molecule has 1 fully saturated rings. The monoisotopic (exact) mass is 412 g/mol. The minimum Gasteiger partial charge on any atom is -0.338 e. The van der Waals surface area contributed by atoms with Crippen LogP contribution in [0.3, 0.4) is 0 Å². The highest BCUT2D eigenvalue weighted by Gasteiger charge is 2.29. The Morgan fingerprint density at radius 2 is 1.97 bits per heavy atom. The molecule has 9 heteroatoms. The number of hydrogen-bond donors (Lipinski definition) is 3. The van der Waals surface area contributed by atoms with Crippen LogP contribution >= 0.6 is 0 Å². The molecule has 156 valence electrons. The van der Waals surface area contributed by atoms with Crippen molar-refractivity contribution < 1.29 is 8.78 Å². The number of alkyl halides is 2. The molecule has 7 nitrogen and oxygen atoms in total. The Balaban J connectivity index is 1.71. The number of aromatic amines is 1. The molecule has 0 aliphatic heterocycles. The van der Waals surface area contributed by atoms with Crippen LogP contribution in [0, 0.1) is 17.2 Å². The predicted molar refractivity (Wildman–Crippen MR) is 110 cm³/mol. The van der Waals surface area contributed by atoms with Gasteiger partial charge >= 0.3 is 0 Å². The van der Waals surface area contributed by atoms with Gasteiger partial charge in [0.2, 0.25) is 0 Å². The third-order valence-corrected chi connectivity index (χ3v) is 5.67. The second-order valence-corrected chi connectivity index (χ2v) is 7.55. The van der Waals surface area contributed by atoms with Crippen molar-refractivity contribution in [2.45, 2.75) is 44.2 Å². The second-order valence-electron chi connectivity index (χ2n) is 7.55. The molecule has 0 bridgehead atoms. The number of rotatable bonds is 5. The summed E-state index contributed by atoms with van der Waals surface area (Å²) in [6, 6.07) is 9.00. The fourth-order valence-electron chi connectivity index (χ4n) is 4.07. The molecule has 4 N–H and O–H groups in total. The standard InChI is InChI=1S/C21H22F2N6O/c22-19(23)18(25)12-5-7-14(8-6-12)27-20-17-16(9-10-26-21(17)30)29(28-20)15-4-2-1-3-13(15)11-24/h5-10,13,15,18-19H,1-4,25H2,(H,26,30)(H,27,28)/t13-,15+,18?/m1/s1. The molecule has 0 amide bonds. The number of benzene rings is 1. The SMILES string of the molecule is N#C[C@H]1CCCC[C@@H]1n1nc(Nc2ccc(C(N)C(F)F)cc2)c2c(=O)[nH]ccc21. The van der Waals surface area contributed by atoms with Crippen LogP contribution in [0.15, 0.2) is 41.3 Å². The van der Waals surface area contributed by atoms with Gasteiger partial charge in [0.1, 0.15) is 5.39 Å². The number of nitriles is 1. The topological polar surface area (TPSA) is 113 Å². The fraction of sp³-hybridized carbons (Fsp3) is 0.381. The van der Waals surface area contributed by atoms with Crippen LogP contribution in [0.1, 0.15) is 43.3 Å². The van der Waals surface area contributed by atoms with Crippen molar-refractivity contribution in [1.29, 1.82) is 5.26 Å². The van der Waals surface area contributed by atoms with E-state index in [2.05, 4.69) is 21.5 Å². The normalized spacial score (nSPS) is 20.2. The van der Waals surface area contributed by atoms with Gasteiger partial charge in [-0.15, -0.1) is 0 Å². The van der Waals surface area contributed by atoms with Gasteiger partial charge in [-0.1, -0.05) is 25.0 Å². The summed E-state index contributed by atoms with van der Waals surface area (Å²) in [6.45, 7) is 0. The summed E-state index contributed by atoms with van der Waals surface area (Å²) in [6.07, 6.45) is 2.55. The molecule has 3 aromatic rings. The molecule has 3 atom stereocenters. The van der Waals surface area contributed by atoms with E-state index in [0.717, 1.165) is 25.7 Å². The second kappa shape index (κ2) is 8.24. The zero-order valence-corrected chi connectivity index (χ0v) is 16.2. The summed E-state index contributed by atoms with van der Waals surface area (Å²) in [7, 11) is 0. The fourth-order valence-corrected chi connectivity index (χ4v) is 4.07. The van der Waals surface area contributed by atoms with Gasteiger partial charge in [-0.2, -0.15) is 10.4 Å². The highest BCUT2D eigenvalue weighted by molar-refractivity contribution is 5.91. The molecule has 2 heterocycles. The lowest BCUT2D eigenvalue weighted by Gasteiger charge is -2.27. The van der Waals surface area contributed by atoms with Crippen molar-refractivity contribution in [3.05, 3.63) is 52.4 Å². The van der Waals surface area contributed by atoms with Crippen molar-refractivity contribution >= 4 is 22.4 Å². The van der Waals surface area contributed by atoms with Gasteiger partial charge in [-0.3, -0.25) is 9.48 Å². The molecule has 0 saturated heterocycles. The van der Waals surface area contributed by atoms with E-state index >= 15 is 0 Å². The first-order chi connectivity index (χ1) is 14.5. The molecule has 1 saturated carbocycles. The third kappa shape index (κ3) is 3.66. The minimum atomic E-state index is -2.65. The Bertz CT molecular complexity index is 1130. The van der Waals surface area contributed by atoms with Crippen molar-refractivity contribution in [2.24, 2.45) is 11.7 Å². The van der Waals surface area contributed by atoms with E-state index < -0.39 is 12.5 Å². The Morgan fingerprint density at radius 1 is 1.23 bits per heavy atom. The summed E-state index contributed by atoms with van der Waals surface area (Å²) < 4.78 is 27.4. The van der Waals surface area contributed by atoms with Crippen molar-refractivity contribution in [1.82, 2.24) is 14.8 Å². The number of nitrogens with zero attached hydrogens (tertiary/aromatic N) is 3. The summed E-state index contributed by atoms with van der Waals surface area (Å²) in [5.74, 6) is 0.198. The lowest BCUT2D eigenvalue weighted by atomic mass is 9.85. The van der Waals surface area contributed by atoms with Crippen LogP contribution in [-0.2, 0) is 0 Å². The Hall–Kier alpha value is -3.25. The van der Waals surface area contributed by atoms with E-state index in [4.69, 9.17) is 5.73 Å². The van der Waals surface area contributed by atoms with Gasteiger partial charge < -0.3 is 16.0 Å². The Kier molecular flexibility index (Phi) is 5.50. The molecule has 4 rings (SSSR count). The molecule has 0 radical (unpaired) electrons. The summed E-state index contributed by atoms with van der Waals surface area (Å²) in [5.41, 5.74) is 6.77. The highest BCUT2D eigenvalue weighted by Crippen LogP contribution is 2.36. The molecule has 1 aromatic carbocycles. The van der Waals surface area contributed by atoms with E-state index in [9.17, 15) is 18.8 Å². The van der Waals surface area contributed by atoms with Crippen molar-refractivity contribution in [3.63, 3.8) is 0 Å². The van der Waals surface area contributed by atoms with Crippen LogP contribution in [-0.4, -0.2) is 21.2 Å². The minimum absolute atomic E-state index is 0.102. The maximum atomic E-state index is 12.8. The maximum Gasteiger partial charge on any atom is 0.261 e. The molecule has 2 aromatic heterocycles. The molecule has 30 heavy (non-hydrogen) atoms. The summed E-state index contributed by atoms with van der Waals surface area (Å²) in [4.78, 5) is 15.2. The number of nitrogens with one attached hydrogen (secondary N) is 2. The van der Waals surface area contributed by atoms with Gasteiger partial charge in [0.05, 0.1) is 29.6 Å². The van der Waals surface area contributed by atoms with E-state index in [1.165, 1.54) is 12.1 Å². The molecule has 1 aliphatic carbocycles. The zero-order chi connectivity index (χ0) is 21.3. The summed E-state index contributed by atoms with van der Waals surface area (Å²) in [5, 5.41) is 17.7. The highest BCUT2D eigenvalue weighted by atomic mass is 19.3. The van der Waals surface area contributed by atoms with Crippen LogP contribution < -0.4 is 16.6 Å². The molecular weight excluding hydrogens is 390 g/mol. The largest absolute Gasteiger partial charge is 0.338 e. The number of fused-ring (bicyclic) bond motifs is 1. The average Bonchev–Trinajstić information content (AvgIpc) is 3.13. The number of aromatic nitrogens is 3. The number of H-pyrrole nitrogens is 1. The molecular formula is C21H22F2N6O. The number of hydrogen-bond acceptors (Lipinski definition) is 5. The van der Waals surface area contributed by atoms with Crippen LogP contribution in [0.5, 0.6) is 0 Å². The van der Waals surface area contributed by atoms with E-state index in [0.29, 0.717) is 28.0 Å². The quantitative estimate of drug-likeness (QED) is 0.587. The average molecular weight is 412 g/mol.